The molecular weight excluding hydrogens is 379 g/mol. The first-order valence-corrected chi connectivity index (χ1v) is 10.3. The molecular formula is C23H21FN6. The molecule has 1 aliphatic carbocycles. The van der Waals surface area contributed by atoms with E-state index in [-0.39, 0.29) is 11.4 Å². The van der Waals surface area contributed by atoms with Crippen molar-refractivity contribution in [2.75, 3.05) is 24.5 Å². The summed E-state index contributed by atoms with van der Waals surface area (Å²) in [6.45, 7) is 2.90. The molecule has 1 N–H and O–H groups in total. The average molecular weight is 400 g/mol. The highest BCUT2D eigenvalue weighted by atomic mass is 19.1. The van der Waals surface area contributed by atoms with Crippen molar-refractivity contribution >= 4 is 17.0 Å². The van der Waals surface area contributed by atoms with Gasteiger partial charge in [-0.1, -0.05) is 0 Å². The van der Waals surface area contributed by atoms with Crippen molar-refractivity contribution in [3.05, 3.63) is 66.7 Å². The van der Waals surface area contributed by atoms with E-state index in [0.717, 1.165) is 53.7 Å². The van der Waals surface area contributed by atoms with Crippen molar-refractivity contribution in [1.82, 2.24) is 24.8 Å². The van der Waals surface area contributed by atoms with Gasteiger partial charge in [-0.15, -0.1) is 0 Å². The maximum absolute atomic E-state index is 13.5. The highest BCUT2D eigenvalue weighted by Gasteiger charge is 2.45. The minimum atomic E-state index is -0.265. The van der Waals surface area contributed by atoms with E-state index in [4.69, 9.17) is 9.97 Å². The van der Waals surface area contributed by atoms with E-state index < -0.39 is 0 Å². The minimum Gasteiger partial charge on any atom is -0.353 e. The fourth-order valence-corrected chi connectivity index (χ4v) is 4.29. The third-order valence-corrected chi connectivity index (χ3v) is 6.07. The summed E-state index contributed by atoms with van der Waals surface area (Å²) in [7, 11) is 0. The predicted molar refractivity (Wildman–Crippen MR) is 114 cm³/mol. The van der Waals surface area contributed by atoms with Crippen molar-refractivity contribution in [3.63, 3.8) is 0 Å². The Morgan fingerprint density at radius 2 is 1.73 bits per heavy atom. The van der Waals surface area contributed by atoms with Gasteiger partial charge in [0.1, 0.15) is 23.0 Å². The monoisotopic (exact) mass is 400 g/mol. The number of hydrogen-bond acceptors (Lipinski definition) is 5. The van der Waals surface area contributed by atoms with Crippen LogP contribution >= 0.6 is 0 Å². The smallest absolute Gasteiger partial charge is 0.167 e. The highest BCUT2D eigenvalue weighted by Crippen LogP contribution is 2.39. The molecule has 2 fully saturated rings. The Morgan fingerprint density at radius 1 is 0.933 bits per heavy atom. The molecule has 4 aromatic rings. The molecule has 4 heterocycles. The zero-order valence-electron chi connectivity index (χ0n) is 16.4. The fraction of sp³-hybridized carbons (Fsp3) is 0.261. The number of imidazole rings is 1. The molecule has 0 bridgehead atoms. The molecule has 1 saturated heterocycles. The van der Waals surface area contributed by atoms with E-state index in [1.54, 1.807) is 24.5 Å². The van der Waals surface area contributed by atoms with Crippen LogP contribution in [0.15, 0.2) is 60.9 Å². The van der Waals surface area contributed by atoms with Crippen LogP contribution in [0, 0.1) is 5.82 Å². The lowest BCUT2D eigenvalue weighted by atomic mass is 10.2. The Bertz CT molecular complexity index is 1210. The number of nitrogens with one attached hydrogen (secondary N) is 1. The van der Waals surface area contributed by atoms with Gasteiger partial charge in [-0.3, -0.25) is 9.55 Å². The number of pyridine rings is 2. The molecule has 7 heteroatoms. The Kier molecular flexibility index (Phi) is 3.86. The standard InChI is InChI=1S/C23H21FN6/c24-17-3-1-16(2-4-17)21-27-19-5-6-20(29-14-13-26-23(15-29)9-10-23)28-22(19)30(21)18-7-11-25-12-8-18/h1-8,11-12,26H,9-10,13-15H2. The SMILES string of the molecule is Fc1ccc(-c2nc3ccc(N4CCNC5(CC5)C4)nc3n2-c2ccncc2)cc1. The van der Waals surface area contributed by atoms with Gasteiger partial charge in [-0.25, -0.2) is 14.4 Å². The fourth-order valence-electron chi connectivity index (χ4n) is 4.29. The summed E-state index contributed by atoms with van der Waals surface area (Å²) in [6.07, 6.45) is 5.98. The number of benzene rings is 1. The number of nitrogens with zero attached hydrogens (tertiary/aromatic N) is 5. The zero-order valence-corrected chi connectivity index (χ0v) is 16.4. The molecule has 6 rings (SSSR count). The predicted octanol–water partition coefficient (Wildman–Crippen LogP) is 3.56. The van der Waals surface area contributed by atoms with Crippen LogP contribution in [0.5, 0.6) is 0 Å². The summed E-state index contributed by atoms with van der Waals surface area (Å²) in [5.74, 6) is 1.44. The summed E-state index contributed by atoms with van der Waals surface area (Å²) in [6, 6.07) is 14.4. The summed E-state index contributed by atoms with van der Waals surface area (Å²) in [5, 5.41) is 3.65. The Balaban J connectivity index is 1.51. The number of anilines is 1. The minimum absolute atomic E-state index is 0.265. The quantitative estimate of drug-likeness (QED) is 0.570. The third-order valence-electron chi connectivity index (χ3n) is 6.07. The lowest BCUT2D eigenvalue weighted by molar-refractivity contribution is 0.440. The largest absolute Gasteiger partial charge is 0.353 e. The molecule has 6 nitrogen and oxygen atoms in total. The number of fused-ring (bicyclic) bond motifs is 1. The molecule has 3 aromatic heterocycles. The molecule has 1 aliphatic heterocycles. The van der Waals surface area contributed by atoms with Crippen molar-refractivity contribution in [2.24, 2.45) is 0 Å². The summed E-state index contributed by atoms with van der Waals surface area (Å²) >= 11 is 0. The van der Waals surface area contributed by atoms with E-state index in [1.165, 1.54) is 25.0 Å². The molecule has 1 saturated carbocycles. The van der Waals surface area contributed by atoms with Crippen LogP contribution < -0.4 is 10.2 Å². The first-order valence-electron chi connectivity index (χ1n) is 10.3. The molecule has 0 amide bonds. The van der Waals surface area contributed by atoms with E-state index in [2.05, 4.69) is 21.3 Å². The lowest BCUT2D eigenvalue weighted by Crippen LogP contribution is -2.52. The van der Waals surface area contributed by atoms with Gasteiger partial charge in [0.05, 0.1) is 5.69 Å². The Morgan fingerprint density at radius 3 is 2.50 bits per heavy atom. The Labute approximate surface area is 173 Å². The van der Waals surface area contributed by atoms with Crippen LogP contribution in [0.3, 0.4) is 0 Å². The van der Waals surface area contributed by atoms with Gasteiger partial charge in [-0.2, -0.15) is 0 Å². The van der Waals surface area contributed by atoms with Crippen LogP contribution in [-0.4, -0.2) is 44.7 Å². The third kappa shape index (κ3) is 2.93. The first kappa shape index (κ1) is 17.5. The van der Waals surface area contributed by atoms with Crippen LogP contribution in [-0.2, 0) is 0 Å². The van der Waals surface area contributed by atoms with Crippen molar-refractivity contribution < 1.29 is 4.39 Å². The van der Waals surface area contributed by atoms with Gasteiger partial charge in [0.25, 0.3) is 0 Å². The van der Waals surface area contributed by atoms with Gasteiger partial charge < -0.3 is 10.2 Å². The summed E-state index contributed by atoms with van der Waals surface area (Å²) in [5.41, 5.74) is 3.65. The molecule has 0 unspecified atom stereocenters. The number of hydrogen-bond donors (Lipinski definition) is 1. The van der Waals surface area contributed by atoms with Gasteiger partial charge >= 0.3 is 0 Å². The van der Waals surface area contributed by atoms with Crippen molar-refractivity contribution in [3.8, 4) is 17.1 Å². The second kappa shape index (κ2) is 6.60. The molecule has 0 radical (unpaired) electrons. The molecule has 1 aromatic carbocycles. The normalized spacial score (nSPS) is 17.6. The molecule has 30 heavy (non-hydrogen) atoms. The van der Waals surface area contributed by atoms with Crippen LogP contribution in [0.25, 0.3) is 28.2 Å². The molecule has 0 atom stereocenters. The second-order valence-corrected chi connectivity index (χ2v) is 8.12. The zero-order chi connectivity index (χ0) is 20.1. The van der Waals surface area contributed by atoms with E-state index in [0.29, 0.717) is 0 Å². The number of rotatable bonds is 3. The van der Waals surface area contributed by atoms with Crippen LogP contribution in [0.2, 0.25) is 0 Å². The maximum atomic E-state index is 13.5. The van der Waals surface area contributed by atoms with E-state index in [9.17, 15) is 4.39 Å². The molecule has 2 aliphatic rings. The topological polar surface area (TPSA) is 58.9 Å². The lowest BCUT2D eigenvalue weighted by Gasteiger charge is -2.34. The average Bonchev–Trinajstić information content (AvgIpc) is 3.41. The second-order valence-electron chi connectivity index (χ2n) is 8.12. The van der Waals surface area contributed by atoms with Gasteiger partial charge in [0, 0.05) is 43.1 Å². The number of halogens is 1. The summed E-state index contributed by atoms with van der Waals surface area (Å²) < 4.78 is 15.5. The van der Waals surface area contributed by atoms with Crippen molar-refractivity contribution in [2.45, 2.75) is 18.4 Å². The molecule has 1 spiro atoms. The van der Waals surface area contributed by atoms with Crippen LogP contribution in [0.1, 0.15) is 12.8 Å². The number of piperazine rings is 1. The van der Waals surface area contributed by atoms with E-state index >= 15 is 0 Å². The molecule has 150 valence electrons. The van der Waals surface area contributed by atoms with Gasteiger partial charge in [0.2, 0.25) is 0 Å². The Hall–Kier alpha value is -3.32. The van der Waals surface area contributed by atoms with Crippen molar-refractivity contribution in [1.29, 1.82) is 0 Å². The van der Waals surface area contributed by atoms with Gasteiger partial charge in [-0.05, 0) is 61.4 Å². The maximum Gasteiger partial charge on any atom is 0.167 e. The van der Waals surface area contributed by atoms with Crippen LogP contribution in [0.4, 0.5) is 10.2 Å². The highest BCUT2D eigenvalue weighted by molar-refractivity contribution is 5.81. The summed E-state index contributed by atoms with van der Waals surface area (Å²) in [4.78, 5) is 16.4. The van der Waals surface area contributed by atoms with E-state index in [1.807, 2.05) is 22.8 Å². The number of aromatic nitrogens is 4. The first-order chi connectivity index (χ1) is 14.7. The van der Waals surface area contributed by atoms with Gasteiger partial charge in [0.15, 0.2) is 5.65 Å².